The van der Waals surface area contributed by atoms with Crippen molar-refractivity contribution in [2.24, 2.45) is 5.84 Å². The van der Waals surface area contributed by atoms with E-state index in [0.717, 1.165) is 23.4 Å². The normalized spacial score (nSPS) is 11.8. The van der Waals surface area contributed by atoms with Crippen molar-refractivity contribution in [2.45, 2.75) is 39.2 Å². The Kier molecular flexibility index (Phi) is 6.71. The van der Waals surface area contributed by atoms with Crippen molar-refractivity contribution >= 4 is 39.8 Å². The molecule has 1 unspecified atom stereocenters. The standard InChI is InChI=1S/C15H20N4O3S2/c1-3-12(22-15(21)19-16)13-6-10(7-23-13)4-5-11-8-24-14(18-11)17-9(2)20/h6-8,12H,3-5,16H2,1-2H3,(H,19,21)(H,17,18,20). The summed E-state index contributed by atoms with van der Waals surface area (Å²) in [6.07, 6.45) is 1.37. The number of nitrogens with zero attached hydrogens (tertiary/aromatic N) is 1. The molecule has 4 N–H and O–H groups in total. The van der Waals surface area contributed by atoms with E-state index in [-0.39, 0.29) is 12.0 Å². The number of nitrogens with one attached hydrogen (secondary N) is 2. The number of amides is 2. The highest BCUT2D eigenvalue weighted by Crippen LogP contribution is 2.28. The molecule has 0 spiro atoms. The van der Waals surface area contributed by atoms with E-state index in [0.29, 0.717) is 11.6 Å². The van der Waals surface area contributed by atoms with Gasteiger partial charge in [0.25, 0.3) is 0 Å². The van der Waals surface area contributed by atoms with Crippen LogP contribution in [0.25, 0.3) is 0 Å². The highest BCUT2D eigenvalue weighted by Gasteiger charge is 2.16. The van der Waals surface area contributed by atoms with E-state index in [1.54, 1.807) is 11.3 Å². The van der Waals surface area contributed by atoms with Crippen molar-refractivity contribution in [1.82, 2.24) is 10.4 Å². The molecule has 0 aliphatic rings. The van der Waals surface area contributed by atoms with Crippen molar-refractivity contribution in [1.29, 1.82) is 0 Å². The Morgan fingerprint density at radius 1 is 1.33 bits per heavy atom. The third kappa shape index (κ3) is 5.29. The van der Waals surface area contributed by atoms with Gasteiger partial charge < -0.3 is 10.1 Å². The number of nitrogens with two attached hydrogens (primary N) is 1. The fourth-order valence-electron chi connectivity index (χ4n) is 2.10. The maximum absolute atomic E-state index is 11.3. The number of anilines is 1. The summed E-state index contributed by atoms with van der Waals surface area (Å²) in [5.41, 5.74) is 4.09. The SMILES string of the molecule is CCC(OC(=O)NN)c1cc(CCc2csc(NC(C)=O)n2)cs1. The molecule has 0 aromatic carbocycles. The van der Waals surface area contributed by atoms with Crippen LogP contribution < -0.4 is 16.6 Å². The molecular weight excluding hydrogens is 348 g/mol. The lowest BCUT2D eigenvalue weighted by atomic mass is 10.1. The minimum Gasteiger partial charge on any atom is -0.440 e. The maximum Gasteiger partial charge on any atom is 0.422 e. The molecule has 2 heterocycles. The number of aromatic nitrogens is 1. The predicted molar refractivity (Wildman–Crippen MR) is 95.0 cm³/mol. The first kappa shape index (κ1) is 18.4. The molecule has 130 valence electrons. The largest absolute Gasteiger partial charge is 0.440 e. The van der Waals surface area contributed by atoms with Crippen molar-refractivity contribution in [3.63, 3.8) is 0 Å². The first-order valence-corrected chi connectivity index (χ1v) is 9.24. The van der Waals surface area contributed by atoms with Gasteiger partial charge in [-0.05, 0) is 36.3 Å². The van der Waals surface area contributed by atoms with Gasteiger partial charge in [-0.15, -0.1) is 22.7 Å². The number of thiophene rings is 1. The lowest BCUT2D eigenvalue weighted by Gasteiger charge is -2.13. The summed E-state index contributed by atoms with van der Waals surface area (Å²) in [7, 11) is 0. The van der Waals surface area contributed by atoms with Gasteiger partial charge in [-0.1, -0.05) is 6.92 Å². The monoisotopic (exact) mass is 368 g/mol. The number of carbonyl (C=O) groups is 2. The van der Waals surface area contributed by atoms with Crippen molar-refractivity contribution in [2.75, 3.05) is 5.32 Å². The number of hydrogen-bond acceptors (Lipinski definition) is 7. The summed E-state index contributed by atoms with van der Waals surface area (Å²) in [5, 5.41) is 7.31. The Balaban J connectivity index is 1.92. The molecule has 1 atom stereocenters. The minimum atomic E-state index is -0.634. The van der Waals surface area contributed by atoms with E-state index >= 15 is 0 Å². The molecule has 7 nitrogen and oxygen atoms in total. The molecule has 2 aromatic heterocycles. The fraction of sp³-hybridized carbons (Fsp3) is 0.400. The summed E-state index contributed by atoms with van der Waals surface area (Å²) >= 11 is 2.98. The van der Waals surface area contributed by atoms with Crippen molar-refractivity contribution in [3.8, 4) is 0 Å². The summed E-state index contributed by atoms with van der Waals surface area (Å²) in [6.45, 7) is 3.41. The molecule has 2 aromatic rings. The second-order valence-electron chi connectivity index (χ2n) is 5.13. The van der Waals surface area contributed by atoms with E-state index in [2.05, 4.69) is 15.7 Å². The van der Waals surface area contributed by atoms with Crippen molar-refractivity contribution in [3.05, 3.63) is 33.0 Å². The zero-order valence-electron chi connectivity index (χ0n) is 13.5. The van der Waals surface area contributed by atoms with E-state index in [9.17, 15) is 9.59 Å². The van der Waals surface area contributed by atoms with Crippen LogP contribution >= 0.6 is 22.7 Å². The molecule has 0 radical (unpaired) electrons. The van der Waals surface area contributed by atoms with Crippen LogP contribution in [-0.2, 0) is 22.4 Å². The van der Waals surface area contributed by atoms with Crippen LogP contribution in [0.1, 0.15) is 42.5 Å². The van der Waals surface area contributed by atoms with Crippen LogP contribution in [0.2, 0.25) is 0 Å². The molecule has 9 heteroatoms. The Labute approximate surface area is 148 Å². The van der Waals surface area contributed by atoms with Gasteiger partial charge in [0, 0.05) is 17.2 Å². The van der Waals surface area contributed by atoms with Gasteiger partial charge in [-0.3, -0.25) is 10.2 Å². The zero-order valence-corrected chi connectivity index (χ0v) is 15.1. The zero-order chi connectivity index (χ0) is 17.5. The lowest BCUT2D eigenvalue weighted by molar-refractivity contribution is -0.114. The summed E-state index contributed by atoms with van der Waals surface area (Å²) in [4.78, 5) is 27.6. The highest BCUT2D eigenvalue weighted by atomic mass is 32.1. The van der Waals surface area contributed by atoms with Crippen LogP contribution in [-0.4, -0.2) is 17.0 Å². The Hall–Kier alpha value is -1.97. The highest BCUT2D eigenvalue weighted by molar-refractivity contribution is 7.13. The first-order valence-electron chi connectivity index (χ1n) is 7.48. The van der Waals surface area contributed by atoms with Crippen LogP contribution in [0.4, 0.5) is 9.93 Å². The van der Waals surface area contributed by atoms with Gasteiger partial charge in [0.15, 0.2) is 5.13 Å². The van der Waals surface area contributed by atoms with E-state index in [4.69, 9.17) is 10.6 Å². The second kappa shape index (κ2) is 8.76. The molecule has 0 fully saturated rings. The molecule has 0 saturated heterocycles. The number of ether oxygens (including phenoxy) is 1. The van der Waals surface area contributed by atoms with Gasteiger partial charge in [0.2, 0.25) is 5.91 Å². The van der Waals surface area contributed by atoms with Gasteiger partial charge in [0.05, 0.1) is 5.69 Å². The predicted octanol–water partition coefficient (Wildman–Crippen LogP) is 3.00. The number of aryl methyl sites for hydroxylation is 2. The van der Waals surface area contributed by atoms with Crippen molar-refractivity contribution < 1.29 is 14.3 Å². The molecule has 0 bridgehead atoms. The number of carbonyl (C=O) groups excluding carboxylic acids is 2. The average Bonchev–Trinajstić information content (AvgIpc) is 3.19. The van der Waals surface area contributed by atoms with E-state index < -0.39 is 6.09 Å². The molecule has 0 aliphatic carbocycles. The molecule has 0 saturated carbocycles. The second-order valence-corrected chi connectivity index (χ2v) is 6.93. The Bertz CT molecular complexity index is 698. The summed E-state index contributed by atoms with van der Waals surface area (Å²) < 4.78 is 5.24. The van der Waals surface area contributed by atoms with Gasteiger partial charge in [-0.2, -0.15) is 0 Å². The summed E-state index contributed by atoms with van der Waals surface area (Å²) in [5.74, 6) is 4.93. The van der Waals surface area contributed by atoms with Crippen LogP contribution in [0, 0.1) is 0 Å². The Morgan fingerprint density at radius 3 is 2.79 bits per heavy atom. The van der Waals surface area contributed by atoms with Gasteiger partial charge >= 0.3 is 6.09 Å². The quantitative estimate of drug-likeness (QED) is 0.396. The number of thiazole rings is 1. The summed E-state index contributed by atoms with van der Waals surface area (Å²) in [6, 6.07) is 2.05. The van der Waals surface area contributed by atoms with E-state index in [1.165, 1.54) is 23.8 Å². The van der Waals surface area contributed by atoms with Gasteiger partial charge in [-0.25, -0.2) is 15.6 Å². The number of hydrogen-bond donors (Lipinski definition) is 3. The molecule has 2 amide bonds. The molecule has 2 rings (SSSR count). The lowest BCUT2D eigenvalue weighted by Crippen LogP contribution is -2.31. The van der Waals surface area contributed by atoms with Crippen LogP contribution in [0.5, 0.6) is 0 Å². The topological polar surface area (TPSA) is 106 Å². The average molecular weight is 368 g/mol. The number of hydrazine groups is 1. The first-order chi connectivity index (χ1) is 11.5. The smallest absolute Gasteiger partial charge is 0.422 e. The maximum atomic E-state index is 11.3. The van der Waals surface area contributed by atoms with Crippen LogP contribution in [0.15, 0.2) is 16.8 Å². The molecule has 0 aliphatic heterocycles. The third-order valence-corrected chi connectivity index (χ3v) is 5.11. The van der Waals surface area contributed by atoms with E-state index in [1.807, 2.05) is 23.8 Å². The van der Waals surface area contributed by atoms with Crippen LogP contribution in [0.3, 0.4) is 0 Å². The fourth-order valence-corrected chi connectivity index (χ4v) is 3.95. The third-order valence-electron chi connectivity index (χ3n) is 3.23. The molecule has 24 heavy (non-hydrogen) atoms. The molecular formula is C15H20N4O3S2. The van der Waals surface area contributed by atoms with Gasteiger partial charge in [0.1, 0.15) is 6.10 Å². The number of rotatable bonds is 7. The Morgan fingerprint density at radius 2 is 2.12 bits per heavy atom. The minimum absolute atomic E-state index is 0.120.